The zero-order chi connectivity index (χ0) is 20.7. The van der Waals surface area contributed by atoms with Crippen molar-refractivity contribution >= 4 is 23.9 Å². The molecule has 1 aromatic heterocycles. The number of carbonyl (C=O) groups is 3. The van der Waals surface area contributed by atoms with Gasteiger partial charge in [0.1, 0.15) is 0 Å². The lowest BCUT2D eigenvalue weighted by atomic mass is 9.95. The van der Waals surface area contributed by atoms with Gasteiger partial charge in [-0.3, -0.25) is 9.59 Å². The molecule has 1 aliphatic rings. The van der Waals surface area contributed by atoms with Crippen molar-refractivity contribution in [2.75, 3.05) is 27.2 Å². The van der Waals surface area contributed by atoms with Gasteiger partial charge >= 0.3 is 5.97 Å². The van der Waals surface area contributed by atoms with Gasteiger partial charge in [-0.1, -0.05) is 19.3 Å². The van der Waals surface area contributed by atoms with Crippen molar-refractivity contribution in [3.63, 3.8) is 0 Å². The maximum atomic E-state index is 12.0. The first-order valence-electron chi connectivity index (χ1n) is 9.81. The fourth-order valence-electron chi connectivity index (χ4n) is 3.70. The lowest BCUT2D eigenvalue weighted by Gasteiger charge is -2.26. The van der Waals surface area contributed by atoms with Crippen LogP contribution in [-0.2, 0) is 19.1 Å². The summed E-state index contributed by atoms with van der Waals surface area (Å²) in [7, 11) is 2.98. The Kier molecular flexibility index (Phi) is 7.84. The number of ether oxygens (including phenoxy) is 1. The van der Waals surface area contributed by atoms with Crippen LogP contribution in [0.3, 0.4) is 0 Å². The number of aryl methyl sites for hydroxylation is 1. The van der Waals surface area contributed by atoms with E-state index < -0.39 is 18.5 Å². The first kappa shape index (κ1) is 21.7. The molecule has 0 aromatic carbocycles. The average molecular weight is 389 g/mol. The quantitative estimate of drug-likeness (QED) is 0.573. The molecule has 0 saturated heterocycles. The van der Waals surface area contributed by atoms with Crippen molar-refractivity contribution in [3.8, 4) is 0 Å². The minimum Gasteiger partial charge on any atom is -0.452 e. The number of hydrogen-bond acceptors (Lipinski definition) is 4. The number of esters is 1. The molecule has 0 radical (unpaired) electrons. The van der Waals surface area contributed by atoms with Crippen molar-refractivity contribution in [3.05, 3.63) is 29.1 Å². The summed E-state index contributed by atoms with van der Waals surface area (Å²) in [4.78, 5) is 36.3. The number of hydrogen-bond donors (Lipinski definition) is 1. The first-order chi connectivity index (χ1) is 13.3. The summed E-state index contributed by atoms with van der Waals surface area (Å²) < 4.78 is 7.38. The van der Waals surface area contributed by atoms with E-state index in [2.05, 4.69) is 29.8 Å². The van der Waals surface area contributed by atoms with Crippen LogP contribution < -0.4 is 5.32 Å². The second kappa shape index (κ2) is 10.1. The van der Waals surface area contributed by atoms with Gasteiger partial charge in [0, 0.05) is 37.6 Å². The molecular formula is C21H31N3O4. The van der Waals surface area contributed by atoms with Crippen LogP contribution in [0.15, 0.2) is 12.1 Å². The summed E-state index contributed by atoms with van der Waals surface area (Å²) in [6, 6.07) is 2.62. The van der Waals surface area contributed by atoms with Crippen molar-refractivity contribution in [1.29, 1.82) is 0 Å². The average Bonchev–Trinajstić information content (AvgIpc) is 2.98. The van der Waals surface area contributed by atoms with E-state index in [0.717, 1.165) is 11.3 Å². The largest absolute Gasteiger partial charge is 0.452 e. The Morgan fingerprint density at radius 1 is 1.25 bits per heavy atom. The summed E-state index contributed by atoms with van der Waals surface area (Å²) in [5, 5.41) is 2.44. The molecule has 0 aliphatic heterocycles. The summed E-state index contributed by atoms with van der Waals surface area (Å²) >= 11 is 0. The second-order valence-corrected chi connectivity index (χ2v) is 7.35. The zero-order valence-electron chi connectivity index (χ0n) is 17.3. The number of nitrogens with zero attached hydrogens (tertiary/aromatic N) is 2. The number of aromatic nitrogens is 1. The van der Waals surface area contributed by atoms with Crippen LogP contribution in [0, 0.1) is 13.8 Å². The third-order valence-corrected chi connectivity index (χ3v) is 5.29. The van der Waals surface area contributed by atoms with Gasteiger partial charge in [0.15, 0.2) is 6.61 Å². The van der Waals surface area contributed by atoms with Gasteiger partial charge in [-0.2, -0.15) is 0 Å². The number of nitrogens with one attached hydrogen (secondary N) is 1. The van der Waals surface area contributed by atoms with Gasteiger partial charge in [0.05, 0.1) is 6.54 Å². The molecule has 154 valence electrons. The van der Waals surface area contributed by atoms with Crippen LogP contribution in [0.5, 0.6) is 0 Å². The Morgan fingerprint density at radius 3 is 2.57 bits per heavy atom. The topological polar surface area (TPSA) is 80.6 Å². The highest BCUT2D eigenvalue weighted by Crippen LogP contribution is 2.32. The van der Waals surface area contributed by atoms with Crippen LogP contribution in [0.25, 0.3) is 6.08 Å². The monoisotopic (exact) mass is 389 g/mol. The molecular weight excluding hydrogens is 358 g/mol. The van der Waals surface area contributed by atoms with E-state index in [1.54, 1.807) is 6.08 Å². The Labute approximate surface area is 166 Å². The normalized spacial score (nSPS) is 14.9. The van der Waals surface area contributed by atoms with Crippen LogP contribution >= 0.6 is 0 Å². The summed E-state index contributed by atoms with van der Waals surface area (Å²) in [6.07, 6.45) is 9.33. The third kappa shape index (κ3) is 5.71. The molecule has 1 aliphatic carbocycles. The minimum absolute atomic E-state index is 0.0735. The Morgan fingerprint density at radius 2 is 1.93 bits per heavy atom. The Bertz CT molecular complexity index is 745. The number of likely N-dealkylation sites (N-methyl/N-ethyl adjacent to an activating group) is 2. The highest BCUT2D eigenvalue weighted by molar-refractivity contribution is 5.90. The van der Waals surface area contributed by atoms with E-state index >= 15 is 0 Å². The van der Waals surface area contributed by atoms with Gasteiger partial charge in [-0.25, -0.2) is 4.79 Å². The van der Waals surface area contributed by atoms with E-state index in [1.807, 2.05) is 0 Å². The van der Waals surface area contributed by atoms with E-state index in [9.17, 15) is 14.4 Å². The molecule has 1 aromatic rings. The summed E-state index contributed by atoms with van der Waals surface area (Å²) in [6.45, 7) is 3.70. The maximum absolute atomic E-state index is 12.0. The fraction of sp³-hybridized carbons (Fsp3) is 0.571. The highest BCUT2D eigenvalue weighted by Gasteiger charge is 2.19. The molecule has 0 bridgehead atoms. The van der Waals surface area contributed by atoms with Crippen molar-refractivity contribution in [2.45, 2.75) is 52.0 Å². The van der Waals surface area contributed by atoms with Crippen LogP contribution in [0.1, 0.15) is 55.1 Å². The third-order valence-electron chi connectivity index (χ3n) is 5.29. The molecule has 2 rings (SSSR count). The lowest BCUT2D eigenvalue weighted by Crippen LogP contribution is -2.38. The van der Waals surface area contributed by atoms with Crippen molar-refractivity contribution in [1.82, 2.24) is 14.8 Å². The van der Waals surface area contributed by atoms with Gasteiger partial charge < -0.3 is 19.5 Å². The Balaban J connectivity index is 1.92. The zero-order valence-corrected chi connectivity index (χ0v) is 17.3. The van der Waals surface area contributed by atoms with Gasteiger partial charge in [0.25, 0.3) is 5.91 Å². The molecule has 1 fully saturated rings. The SMILES string of the molecule is CNC(=O)CN(C)C(=O)COC(=O)/C=C/c1cc(C)n(C2CCCCC2)c1C. The molecule has 7 nitrogen and oxygen atoms in total. The number of rotatable bonds is 7. The number of amides is 2. The molecule has 0 unspecified atom stereocenters. The summed E-state index contributed by atoms with van der Waals surface area (Å²) in [5.41, 5.74) is 3.33. The molecule has 1 saturated carbocycles. The minimum atomic E-state index is -0.579. The second-order valence-electron chi connectivity index (χ2n) is 7.35. The van der Waals surface area contributed by atoms with Gasteiger partial charge in [0.2, 0.25) is 5.91 Å². The maximum Gasteiger partial charge on any atom is 0.331 e. The van der Waals surface area contributed by atoms with Gasteiger partial charge in [-0.15, -0.1) is 0 Å². The lowest BCUT2D eigenvalue weighted by molar-refractivity contribution is -0.148. The molecule has 0 spiro atoms. The van der Waals surface area contributed by atoms with E-state index in [1.165, 1.54) is 62.9 Å². The Hall–Kier alpha value is -2.57. The summed E-state index contributed by atoms with van der Waals surface area (Å²) in [5.74, 6) is -1.29. The molecule has 2 amide bonds. The fourth-order valence-corrected chi connectivity index (χ4v) is 3.70. The van der Waals surface area contributed by atoms with Crippen LogP contribution in [0.4, 0.5) is 0 Å². The molecule has 7 heteroatoms. The highest BCUT2D eigenvalue weighted by atomic mass is 16.5. The molecule has 0 atom stereocenters. The predicted molar refractivity (Wildman–Crippen MR) is 108 cm³/mol. The van der Waals surface area contributed by atoms with Gasteiger partial charge in [-0.05, 0) is 44.4 Å². The predicted octanol–water partition coefficient (Wildman–Crippen LogP) is 2.37. The molecule has 1 heterocycles. The standard InChI is InChI=1S/C21H31N3O4/c1-15-12-17(16(2)24(15)18-8-6-5-7-9-18)10-11-21(27)28-14-20(26)23(4)13-19(25)22-3/h10-12,18H,5-9,13-14H2,1-4H3,(H,22,25)/b11-10+. The van der Waals surface area contributed by atoms with E-state index in [0.29, 0.717) is 6.04 Å². The van der Waals surface area contributed by atoms with E-state index in [-0.39, 0.29) is 12.5 Å². The van der Waals surface area contributed by atoms with E-state index in [4.69, 9.17) is 4.74 Å². The first-order valence-corrected chi connectivity index (χ1v) is 9.81. The van der Waals surface area contributed by atoms with Crippen LogP contribution in [0.2, 0.25) is 0 Å². The smallest absolute Gasteiger partial charge is 0.331 e. The molecule has 28 heavy (non-hydrogen) atoms. The molecule has 1 N–H and O–H groups in total. The number of carbonyl (C=O) groups excluding carboxylic acids is 3. The van der Waals surface area contributed by atoms with Crippen LogP contribution in [-0.4, -0.2) is 54.5 Å². The van der Waals surface area contributed by atoms with Crippen molar-refractivity contribution in [2.24, 2.45) is 0 Å². The van der Waals surface area contributed by atoms with Crippen molar-refractivity contribution < 1.29 is 19.1 Å².